The first-order chi connectivity index (χ1) is 15.5. The van der Waals surface area contributed by atoms with E-state index in [0.717, 1.165) is 22.3 Å². The van der Waals surface area contributed by atoms with E-state index >= 15 is 0 Å². The van der Waals surface area contributed by atoms with Gasteiger partial charge in [-0.3, -0.25) is 0 Å². The van der Waals surface area contributed by atoms with Crippen LogP contribution in [0.3, 0.4) is 0 Å². The van der Waals surface area contributed by atoms with Crippen LogP contribution in [0.25, 0.3) is 22.4 Å². The topological polar surface area (TPSA) is 37.3 Å². The van der Waals surface area contributed by atoms with Gasteiger partial charge in [-0.1, -0.05) is 70.2 Å². The molecule has 2 nitrogen and oxygen atoms in total. The first kappa shape index (κ1) is 23.0. The van der Waals surface area contributed by atoms with Gasteiger partial charge in [0.05, 0.1) is 5.56 Å². The van der Waals surface area contributed by atoms with E-state index in [-0.39, 0.29) is 10.8 Å². The lowest BCUT2D eigenvalue weighted by Crippen LogP contribution is -2.33. The molecule has 4 rings (SSSR count). The summed E-state index contributed by atoms with van der Waals surface area (Å²) in [7, 11) is 0. The van der Waals surface area contributed by atoms with Crippen molar-refractivity contribution in [2.75, 3.05) is 0 Å². The average Bonchev–Trinajstić information content (AvgIpc) is 2.79. The summed E-state index contributed by atoms with van der Waals surface area (Å²) in [6.07, 6.45) is 6.65. The number of hydrogen-bond donors (Lipinski definition) is 1. The van der Waals surface area contributed by atoms with E-state index in [1.165, 1.54) is 34.7 Å². The largest absolute Gasteiger partial charge is 0.478 e. The van der Waals surface area contributed by atoms with Gasteiger partial charge in [0.15, 0.2) is 0 Å². The molecule has 0 saturated heterocycles. The third-order valence-electron chi connectivity index (χ3n) is 7.42. The Morgan fingerprint density at radius 1 is 0.848 bits per heavy atom. The Balaban J connectivity index is 1.86. The molecular weight excluding hydrogens is 404 g/mol. The summed E-state index contributed by atoms with van der Waals surface area (Å²) < 4.78 is 0. The van der Waals surface area contributed by atoms with Gasteiger partial charge in [-0.25, -0.2) is 4.79 Å². The number of carboxylic acids is 1. The van der Waals surface area contributed by atoms with Gasteiger partial charge in [-0.05, 0) is 106 Å². The Hall–Kier alpha value is -3.13. The van der Waals surface area contributed by atoms with E-state index in [1.807, 2.05) is 19.1 Å². The van der Waals surface area contributed by atoms with E-state index in [0.29, 0.717) is 5.56 Å². The summed E-state index contributed by atoms with van der Waals surface area (Å²) in [6.45, 7) is 13.5. The van der Waals surface area contributed by atoms with Gasteiger partial charge in [0.1, 0.15) is 0 Å². The Morgan fingerprint density at radius 3 is 2.06 bits per heavy atom. The number of carboxylic acid groups (broad SMARTS) is 1. The third-order valence-corrected chi connectivity index (χ3v) is 7.42. The molecule has 1 N–H and O–H groups in total. The highest BCUT2D eigenvalue weighted by atomic mass is 16.4. The van der Waals surface area contributed by atoms with Crippen LogP contribution in [0, 0.1) is 0 Å². The molecule has 0 radical (unpaired) electrons. The molecule has 1 aliphatic carbocycles. The third kappa shape index (κ3) is 4.39. The van der Waals surface area contributed by atoms with Crippen molar-refractivity contribution >= 4 is 28.4 Å². The number of hydrogen-bond acceptors (Lipinski definition) is 1. The maximum Gasteiger partial charge on any atom is 0.335 e. The van der Waals surface area contributed by atoms with E-state index in [1.54, 1.807) is 12.1 Å². The standard InChI is InChI=1S/C31H34O2/c1-7-20(2)26(23-9-8-10-24(17-23)29(32)33)16-21-11-12-22-18-27-28(19-25(22)15-21)31(5,6)14-13-30(27,3)4/h7-12,15-19H,13-14H2,1-6H3,(H,32,33)/b20-7-,26-16-. The lowest BCUT2D eigenvalue weighted by Gasteiger charge is -2.42. The van der Waals surface area contributed by atoms with E-state index in [9.17, 15) is 9.90 Å². The van der Waals surface area contributed by atoms with Crippen molar-refractivity contribution in [3.05, 3.63) is 94.1 Å². The van der Waals surface area contributed by atoms with Crippen molar-refractivity contribution in [3.8, 4) is 0 Å². The molecule has 0 aliphatic heterocycles. The lowest BCUT2D eigenvalue weighted by molar-refractivity contribution is 0.0697. The van der Waals surface area contributed by atoms with Crippen molar-refractivity contribution < 1.29 is 9.90 Å². The monoisotopic (exact) mass is 438 g/mol. The minimum absolute atomic E-state index is 0.175. The number of aromatic carboxylic acids is 1. The number of rotatable bonds is 4. The van der Waals surface area contributed by atoms with Crippen molar-refractivity contribution in [1.29, 1.82) is 0 Å². The molecule has 33 heavy (non-hydrogen) atoms. The Labute approximate surface area is 197 Å². The zero-order valence-electron chi connectivity index (χ0n) is 20.6. The molecule has 3 aromatic rings. The normalized spacial score (nSPS) is 17.6. The fourth-order valence-electron chi connectivity index (χ4n) is 4.99. The zero-order valence-corrected chi connectivity index (χ0v) is 20.6. The molecule has 3 aromatic carbocycles. The molecule has 0 bridgehead atoms. The second kappa shape index (κ2) is 8.33. The molecule has 0 atom stereocenters. The predicted molar refractivity (Wildman–Crippen MR) is 140 cm³/mol. The van der Waals surface area contributed by atoms with Crippen molar-refractivity contribution in [2.24, 2.45) is 0 Å². The van der Waals surface area contributed by atoms with Crippen LogP contribution >= 0.6 is 0 Å². The Kier molecular flexibility index (Phi) is 5.82. The molecule has 0 amide bonds. The molecule has 170 valence electrons. The molecule has 0 saturated carbocycles. The zero-order chi connectivity index (χ0) is 24.0. The highest BCUT2D eigenvalue weighted by molar-refractivity contribution is 5.96. The van der Waals surface area contributed by atoms with Crippen LogP contribution in [0.1, 0.15) is 87.0 Å². The summed E-state index contributed by atoms with van der Waals surface area (Å²) in [4.78, 5) is 11.5. The maximum atomic E-state index is 11.5. The molecule has 0 heterocycles. The predicted octanol–water partition coefficient (Wildman–Crippen LogP) is 8.39. The van der Waals surface area contributed by atoms with Crippen LogP contribution < -0.4 is 0 Å². The minimum Gasteiger partial charge on any atom is -0.478 e. The molecule has 0 aromatic heterocycles. The van der Waals surface area contributed by atoms with Crippen molar-refractivity contribution in [2.45, 2.75) is 65.2 Å². The van der Waals surface area contributed by atoms with Crippen LogP contribution in [0.15, 0.2) is 66.2 Å². The summed E-state index contributed by atoms with van der Waals surface area (Å²) in [5, 5.41) is 12.0. The van der Waals surface area contributed by atoms with Gasteiger partial charge < -0.3 is 5.11 Å². The Morgan fingerprint density at radius 2 is 1.45 bits per heavy atom. The molecular formula is C31H34O2. The highest BCUT2D eigenvalue weighted by Crippen LogP contribution is 2.47. The van der Waals surface area contributed by atoms with E-state index in [2.05, 4.69) is 77.1 Å². The van der Waals surface area contributed by atoms with Crippen LogP contribution in [0.5, 0.6) is 0 Å². The van der Waals surface area contributed by atoms with Gasteiger partial charge in [-0.15, -0.1) is 0 Å². The summed E-state index contributed by atoms with van der Waals surface area (Å²) in [6, 6.07) is 18.6. The van der Waals surface area contributed by atoms with Gasteiger partial charge in [0.25, 0.3) is 0 Å². The van der Waals surface area contributed by atoms with Crippen LogP contribution in [-0.2, 0) is 10.8 Å². The van der Waals surface area contributed by atoms with Crippen molar-refractivity contribution in [3.63, 3.8) is 0 Å². The van der Waals surface area contributed by atoms with Gasteiger partial charge >= 0.3 is 5.97 Å². The second-order valence-corrected chi connectivity index (χ2v) is 10.7. The number of benzene rings is 3. The van der Waals surface area contributed by atoms with E-state index < -0.39 is 5.97 Å². The summed E-state index contributed by atoms with van der Waals surface area (Å²) in [5.74, 6) is -0.907. The van der Waals surface area contributed by atoms with E-state index in [4.69, 9.17) is 0 Å². The van der Waals surface area contributed by atoms with Gasteiger partial charge in [-0.2, -0.15) is 0 Å². The summed E-state index contributed by atoms with van der Waals surface area (Å²) >= 11 is 0. The smallest absolute Gasteiger partial charge is 0.335 e. The molecule has 1 aliphatic rings. The second-order valence-electron chi connectivity index (χ2n) is 10.7. The van der Waals surface area contributed by atoms with Crippen LogP contribution in [0.4, 0.5) is 0 Å². The fraction of sp³-hybridized carbons (Fsp3) is 0.323. The first-order valence-electron chi connectivity index (χ1n) is 11.8. The van der Waals surface area contributed by atoms with Gasteiger partial charge in [0.2, 0.25) is 0 Å². The number of allylic oxidation sites excluding steroid dienone is 3. The maximum absolute atomic E-state index is 11.5. The highest BCUT2D eigenvalue weighted by Gasteiger charge is 2.37. The SMILES string of the molecule is C/C=C(C)\C(=C\c1ccc2cc3c(cc2c1)C(C)(C)CCC3(C)C)c1cccc(C(=O)O)c1. The first-order valence-corrected chi connectivity index (χ1v) is 11.8. The molecule has 0 spiro atoms. The molecule has 0 unspecified atom stereocenters. The minimum atomic E-state index is -0.907. The van der Waals surface area contributed by atoms with Crippen molar-refractivity contribution in [1.82, 2.24) is 0 Å². The Bertz CT molecular complexity index is 1300. The number of carbonyl (C=O) groups is 1. The number of fused-ring (bicyclic) bond motifs is 2. The molecule has 2 heteroatoms. The fourth-order valence-corrected chi connectivity index (χ4v) is 4.99. The molecule has 0 fully saturated rings. The van der Waals surface area contributed by atoms with Crippen LogP contribution in [-0.4, -0.2) is 11.1 Å². The lowest BCUT2D eigenvalue weighted by atomic mass is 9.63. The average molecular weight is 439 g/mol. The quantitative estimate of drug-likeness (QED) is 0.328. The van der Waals surface area contributed by atoms with Crippen LogP contribution in [0.2, 0.25) is 0 Å². The van der Waals surface area contributed by atoms with Gasteiger partial charge in [0, 0.05) is 0 Å². The summed E-state index contributed by atoms with van der Waals surface area (Å²) in [5.41, 5.74) is 7.81.